The lowest BCUT2D eigenvalue weighted by molar-refractivity contribution is -0.121. The number of ether oxygens (including phenoxy) is 1. The molecule has 1 atom stereocenters. The molecule has 0 radical (unpaired) electrons. The Balaban J connectivity index is 1.88. The number of sulfonamides is 1. The van der Waals surface area contributed by atoms with Crippen LogP contribution in [-0.4, -0.2) is 27.5 Å². The van der Waals surface area contributed by atoms with Crippen LogP contribution in [0.5, 0.6) is 5.75 Å². The van der Waals surface area contributed by atoms with Gasteiger partial charge in [0.2, 0.25) is 15.9 Å². The van der Waals surface area contributed by atoms with E-state index in [2.05, 4.69) is 10.0 Å². The Bertz CT molecular complexity index is 876. The molecule has 2 aromatic carbocycles. The van der Waals surface area contributed by atoms with Crippen molar-refractivity contribution in [3.05, 3.63) is 59.7 Å². The van der Waals surface area contributed by atoms with Crippen LogP contribution in [0.2, 0.25) is 0 Å². The molecule has 0 aliphatic carbocycles. The van der Waals surface area contributed by atoms with Gasteiger partial charge in [-0.2, -0.15) is 0 Å². The number of carbonyl (C=O) groups excluding carboxylic acids is 1. The first-order valence-corrected chi connectivity index (χ1v) is 10.7. The maximum absolute atomic E-state index is 12.2. The molecule has 6 nitrogen and oxygen atoms in total. The van der Waals surface area contributed by atoms with Gasteiger partial charge in [0.05, 0.1) is 18.0 Å². The molecule has 7 heteroatoms. The number of carbonyl (C=O) groups is 1. The van der Waals surface area contributed by atoms with Gasteiger partial charge in [-0.3, -0.25) is 4.79 Å². The van der Waals surface area contributed by atoms with E-state index in [0.717, 1.165) is 16.9 Å². The third kappa shape index (κ3) is 6.35. The van der Waals surface area contributed by atoms with E-state index in [-0.39, 0.29) is 22.9 Å². The molecule has 0 aromatic heterocycles. The molecular formula is C21H28N2O4S. The summed E-state index contributed by atoms with van der Waals surface area (Å²) in [6, 6.07) is 13.9. The lowest BCUT2D eigenvalue weighted by Gasteiger charge is -2.15. The smallest absolute Gasteiger partial charge is 0.240 e. The Morgan fingerprint density at radius 1 is 1.00 bits per heavy atom. The topological polar surface area (TPSA) is 84.5 Å². The summed E-state index contributed by atoms with van der Waals surface area (Å²) in [5, 5.41) is 2.98. The molecule has 2 rings (SSSR count). The van der Waals surface area contributed by atoms with Gasteiger partial charge in [0.15, 0.2) is 0 Å². The molecule has 0 bridgehead atoms. The van der Waals surface area contributed by atoms with Crippen molar-refractivity contribution < 1.29 is 17.9 Å². The summed E-state index contributed by atoms with van der Waals surface area (Å²) in [7, 11) is -1.88. The van der Waals surface area contributed by atoms with Crippen molar-refractivity contribution in [2.75, 3.05) is 7.11 Å². The summed E-state index contributed by atoms with van der Waals surface area (Å²) in [6.07, 6.45) is 0.871. The standard InChI is InChI=1S/C21H28N2O4S/c1-15(2)23-28(25,26)20-12-5-17(6-13-20)7-14-21(24)22-16(3)18-8-10-19(27-4)11-9-18/h5-6,8-13,15-16,23H,7,14H2,1-4H3,(H,22,24)/t16-/m1/s1. The first-order chi connectivity index (χ1) is 13.2. The highest BCUT2D eigenvalue weighted by Gasteiger charge is 2.15. The fourth-order valence-corrected chi connectivity index (χ4v) is 4.01. The predicted octanol–water partition coefficient (Wildman–Crippen LogP) is 3.19. The van der Waals surface area contributed by atoms with Crippen LogP contribution in [0.1, 0.15) is 44.4 Å². The molecule has 0 spiro atoms. The number of amides is 1. The first-order valence-electron chi connectivity index (χ1n) is 9.26. The van der Waals surface area contributed by atoms with E-state index in [1.165, 1.54) is 0 Å². The number of hydrogen-bond donors (Lipinski definition) is 2. The van der Waals surface area contributed by atoms with E-state index in [4.69, 9.17) is 4.74 Å². The number of aryl methyl sites for hydroxylation is 1. The highest BCUT2D eigenvalue weighted by Crippen LogP contribution is 2.18. The minimum absolute atomic E-state index is 0.0542. The van der Waals surface area contributed by atoms with Crippen molar-refractivity contribution in [3.63, 3.8) is 0 Å². The lowest BCUT2D eigenvalue weighted by atomic mass is 10.1. The van der Waals surface area contributed by atoms with E-state index < -0.39 is 10.0 Å². The molecule has 0 unspecified atom stereocenters. The van der Waals surface area contributed by atoms with Crippen LogP contribution in [0, 0.1) is 0 Å². The lowest BCUT2D eigenvalue weighted by Crippen LogP contribution is -2.30. The number of rotatable bonds is 9. The van der Waals surface area contributed by atoms with Gasteiger partial charge in [0.1, 0.15) is 5.75 Å². The fourth-order valence-electron chi connectivity index (χ4n) is 2.76. The maximum atomic E-state index is 12.2. The average molecular weight is 405 g/mol. The van der Waals surface area contributed by atoms with Gasteiger partial charge in [-0.25, -0.2) is 13.1 Å². The van der Waals surface area contributed by atoms with Crippen molar-refractivity contribution in [2.45, 2.75) is 50.6 Å². The zero-order valence-corrected chi connectivity index (χ0v) is 17.5. The summed E-state index contributed by atoms with van der Waals surface area (Å²) in [6.45, 7) is 5.48. The highest BCUT2D eigenvalue weighted by molar-refractivity contribution is 7.89. The Morgan fingerprint density at radius 2 is 1.61 bits per heavy atom. The normalized spacial score (nSPS) is 12.6. The van der Waals surface area contributed by atoms with Gasteiger partial charge in [-0.1, -0.05) is 24.3 Å². The molecule has 0 aliphatic heterocycles. The van der Waals surface area contributed by atoms with Crippen LogP contribution in [0.25, 0.3) is 0 Å². The third-order valence-electron chi connectivity index (χ3n) is 4.26. The molecule has 0 saturated heterocycles. The Morgan fingerprint density at radius 3 is 2.14 bits per heavy atom. The van der Waals surface area contributed by atoms with Crippen molar-refractivity contribution in [3.8, 4) is 5.75 Å². The van der Waals surface area contributed by atoms with Crippen LogP contribution in [-0.2, 0) is 21.2 Å². The molecular weight excluding hydrogens is 376 g/mol. The number of nitrogens with one attached hydrogen (secondary N) is 2. The summed E-state index contributed by atoms with van der Waals surface area (Å²) >= 11 is 0. The zero-order valence-electron chi connectivity index (χ0n) is 16.7. The largest absolute Gasteiger partial charge is 0.497 e. The van der Waals surface area contributed by atoms with Gasteiger partial charge in [0, 0.05) is 12.5 Å². The van der Waals surface area contributed by atoms with E-state index >= 15 is 0 Å². The van der Waals surface area contributed by atoms with Gasteiger partial charge >= 0.3 is 0 Å². The molecule has 28 heavy (non-hydrogen) atoms. The minimum atomic E-state index is -3.50. The molecule has 0 fully saturated rings. The van der Waals surface area contributed by atoms with E-state index in [1.54, 1.807) is 45.2 Å². The second-order valence-electron chi connectivity index (χ2n) is 6.98. The number of hydrogen-bond acceptors (Lipinski definition) is 4. The van der Waals surface area contributed by atoms with Crippen molar-refractivity contribution >= 4 is 15.9 Å². The average Bonchev–Trinajstić information content (AvgIpc) is 2.65. The number of benzene rings is 2. The van der Waals surface area contributed by atoms with E-state index in [1.807, 2.05) is 31.2 Å². The van der Waals surface area contributed by atoms with Crippen LogP contribution < -0.4 is 14.8 Å². The van der Waals surface area contributed by atoms with Crippen molar-refractivity contribution in [1.29, 1.82) is 0 Å². The summed E-state index contributed by atoms with van der Waals surface area (Å²) < 4.78 is 32.0. The van der Waals surface area contributed by atoms with E-state index in [9.17, 15) is 13.2 Å². The van der Waals surface area contributed by atoms with Crippen LogP contribution >= 0.6 is 0 Å². The van der Waals surface area contributed by atoms with Crippen LogP contribution in [0.3, 0.4) is 0 Å². The second kappa shape index (κ2) is 9.71. The minimum Gasteiger partial charge on any atom is -0.497 e. The van der Waals surface area contributed by atoms with Crippen LogP contribution in [0.15, 0.2) is 53.4 Å². The molecule has 152 valence electrons. The monoisotopic (exact) mass is 404 g/mol. The molecule has 0 saturated carbocycles. The Kier molecular flexibility index (Phi) is 7.60. The predicted molar refractivity (Wildman–Crippen MR) is 110 cm³/mol. The molecule has 2 aromatic rings. The highest BCUT2D eigenvalue weighted by atomic mass is 32.2. The SMILES string of the molecule is COc1ccc([C@@H](C)NC(=O)CCc2ccc(S(=O)(=O)NC(C)C)cc2)cc1. The molecule has 2 N–H and O–H groups in total. The summed E-state index contributed by atoms with van der Waals surface area (Å²) in [5.74, 6) is 0.720. The molecule has 0 heterocycles. The summed E-state index contributed by atoms with van der Waals surface area (Å²) in [5.41, 5.74) is 1.91. The first kappa shape index (κ1) is 21.9. The van der Waals surface area contributed by atoms with Gasteiger partial charge < -0.3 is 10.1 Å². The third-order valence-corrected chi connectivity index (χ3v) is 5.93. The van der Waals surface area contributed by atoms with Crippen molar-refractivity contribution in [2.24, 2.45) is 0 Å². The zero-order chi connectivity index (χ0) is 20.7. The van der Waals surface area contributed by atoms with E-state index in [0.29, 0.717) is 12.8 Å². The molecule has 1 amide bonds. The maximum Gasteiger partial charge on any atom is 0.240 e. The fraction of sp³-hybridized carbons (Fsp3) is 0.381. The van der Waals surface area contributed by atoms with Crippen LogP contribution in [0.4, 0.5) is 0 Å². The Labute approximate surface area is 167 Å². The quantitative estimate of drug-likeness (QED) is 0.672. The Hall–Kier alpha value is -2.38. The second-order valence-corrected chi connectivity index (χ2v) is 8.70. The number of methoxy groups -OCH3 is 1. The summed E-state index contributed by atoms with van der Waals surface area (Å²) in [4.78, 5) is 12.5. The van der Waals surface area contributed by atoms with Crippen molar-refractivity contribution in [1.82, 2.24) is 10.0 Å². The molecule has 0 aliphatic rings. The van der Waals surface area contributed by atoms with Gasteiger partial charge in [-0.05, 0) is 62.6 Å². The van der Waals surface area contributed by atoms with Gasteiger partial charge in [0.25, 0.3) is 0 Å². The van der Waals surface area contributed by atoms with Gasteiger partial charge in [-0.15, -0.1) is 0 Å².